The largest absolute Gasteiger partial charge is 0.357 e. The molecule has 1 heterocycles. The van der Waals surface area contributed by atoms with E-state index in [9.17, 15) is 4.79 Å². The molecule has 0 unspecified atom stereocenters. The van der Waals surface area contributed by atoms with E-state index < -0.39 is 0 Å². The van der Waals surface area contributed by atoms with Gasteiger partial charge in [-0.15, -0.1) is 11.3 Å². The summed E-state index contributed by atoms with van der Waals surface area (Å²) >= 11 is 1.81. The minimum atomic E-state index is 0.135. The Morgan fingerprint density at radius 1 is 1.21 bits per heavy atom. The SMILES string of the molecule is CCNC(=NCc1ccc(CC)s1)NCCC(=O)NC1CCCC1. The van der Waals surface area contributed by atoms with Gasteiger partial charge in [0.15, 0.2) is 5.96 Å². The quantitative estimate of drug-likeness (QED) is 0.499. The molecule has 0 aromatic carbocycles. The van der Waals surface area contributed by atoms with Crippen LogP contribution in [-0.2, 0) is 17.8 Å². The van der Waals surface area contributed by atoms with Crippen LogP contribution >= 0.6 is 11.3 Å². The van der Waals surface area contributed by atoms with Crippen molar-refractivity contribution in [3.63, 3.8) is 0 Å². The van der Waals surface area contributed by atoms with Crippen molar-refractivity contribution in [1.29, 1.82) is 0 Å². The van der Waals surface area contributed by atoms with E-state index in [0.29, 0.717) is 25.6 Å². The van der Waals surface area contributed by atoms with Gasteiger partial charge in [-0.2, -0.15) is 0 Å². The van der Waals surface area contributed by atoms with E-state index in [2.05, 4.69) is 40.0 Å². The molecule has 24 heavy (non-hydrogen) atoms. The number of hydrogen-bond donors (Lipinski definition) is 3. The number of guanidine groups is 1. The summed E-state index contributed by atoms with van der Waals surface area (Å²) in [7, 11) is 0. The van der Waals surface area contributed by atoms with Crippen LogP contribution < -0.4 is 16.0 Å². The van der Waals surface area contributed by atoms with Crippen molar-refractivity contribution in [3.8, 4) is 0 Å². The second-order valence-corrected chi connectivity index (χ2v) is 7.40. The Kier molecular flexibility index (Phi) is 8.08. The molecule has 2 rings (SSSR count). The number of aryl methyl sites for hydroxylation is 1. The number of carbonyl (C=O) groups excluding carboxylic acids is 1. The number of nitrogens with one attached hydrogen (secondary N) is 3. The van der Waals surface area contributed by atoms with Crippen molar-refractivity contribution in [1.82, 2.24) is 16.0 Å². The average molecular weight is 351 g/mol. The highest BCUT2D eigenvalue weighted by molar-refractivity contribution is 7.11. The zero-order valence-electron chi connectivity index (χ0n) is 14.9. The number of aliphatic imine (C=N–C) groups is 1. The van der Waals surface area contributed by atoms with Crippen molar-refractivity contribution >= 4 is 23.2 Å². The van der Waals surface area contributed by atoms with Crippen molar-refractivity contribution in [2.24, 2.45) is 4.99 Å². The minimum Gasteiger partial charge on any atom is -0.357 e. The Labute approximate surface area is 149 Å². The first-order valence-corrected chi connectivity index (χ1v) is 9.92. The predicted molar refractivity (Wildman–Crippen MR) is 102 cm³/mol. The molecular formula is C18H30N4OS. The summed E-state index contributed by atoms with van der Waals surface area (Å²) in [6.45, 7) is 6.31. The van der Waals surface area contributed by atoms with Gasteiger partial charge in [-0.1, -0.05) is 19.8 Å². The predicted octanol–water partition coefficient (Wildman–Crippen LogP) is 2.81. The zero-order valence-corrected chi connectivity index (χ0v) is 15.7. The summed E-state index contributed by atoms with van der Waals surface area (Å²) < 4.78 is 0. The van der Waals surface area contributed by atoms with Crippen LogP contribution in [0.5, 0.6) is 0 Å². The van der Waals surface area contributed by atoms with Gasteiger partial charge in [0, 0.05) is 35.3 Å². The van der Waals surface area contributed by atoms with Crippen LogP contribution in [0.4, 0.5) is 0 Å². The van der Waals surface area contributed by atoms with Gasteiger partial charge >= 0.3 is 0 Å². The van der Waals surface area contributed by atoms with E-state index in [4.69, 9.17) is 0 Å². The van der Waals surface area contributed by atoms with Crippen LogP contribution in [0, 0.1) is 0 Å². The Balaban J connectivity index is 1.73. The highest BCUT2D eigenvalue weighted by atomic mass is 32.1. The highest BCUT2D eigenvalue weighted by Crippen LogP contribution is 2.18. The third-order valence-corrected chi connectivity index (χ3v) is 5.38. The lowest BCUT2D eigenvalue weighted by atomic mass is 10.2. The molecule has 1 amide bonds. The minimum absolute atomic E-state index is 0.135. The number of hydrogen-bond acceptors (Lipinski definition) is 3. The number of thiophene rings is 1. The Bertz CT molecular complexity index is 535. The van der Waals surface area contributed by atoms with Crippen molar-refractivity contribution in [2.45, 2.75) is 65.0 Å². The standard InChI is InChI=1S/C18H30N4OS/c1-3-15-9-10-16(24-15)13-21-18(19-4-2)20-12-11-17(23)22-14-7-5-6-8-14/h9-10,14H,3-8,11-13H2,1-2H3,(H,22,23)(H2,19,20,21). The lowest BCUT2D eigenvalue weighted by Gasteiger charge is -2.13. The summed E-state index contributed by atoms with van der Waals surface area (Å²) in [5, 5.41) is 9.60. The number of amides is 1. The second kappa shape index (κ2) is 10.3. The number of carbonyl (C=O) groups is 1. The summed E-state index contributed by atoms with van der Waals surface area (Å²) in [6, 6.07) is 4.71. The molecule has 0 radical (unpaired) electrons. The molecular weight excluding hydrogens is 320 g/mol. The van der Waals surface area contributed by atoms with Gasteiger partial charge in [-0.25, -0.2) is 4.99 Å². The molecule has 3 N–H and O–H groups in total. The maximum Gasteiger partial charge on any atom is 0.221 e. The van der Waals surface area contributed by atoms with E-state index in [1.807, 2.05) is 18.3 Å². The highest BCUT2D eigenvalue weighted by Gasteiger charge is 2.16. The molecule has 134 valence electrons. The molecule has 0 atom stereocenters. The third kappa shape index (κ3) is 6.51. The van der Waals surface area contributed by atoms with Gasteiger partial charge in [0.25, 0.3) is 0 Å². The monoisotopic (exact) mass is 350 g/mol. The molecule has 5 nitrogen and oxygen atoms in total. The van der Waals surface area contributed by atoms with Crippen molar-refractivity contribution < 1.29 is 4.79 Å². The van der Waals surface area contributed by atoms with Gasteiger partial charge in [-0.3, -0.25) is 4.79 Å². The van der Waals surface area contributed by atoms with Crippen LogP contribution in [0.15, 0.2) is 17.1 Å². The fourth-order valence-corrected chi connectivity index (χ4v) is 3.74. The Hall–Kier alpha value is -1.56. The number of nitrogens with zero attached hydrogens (tertiary/aromatic N) is 1. The lowest BCUT2D eigenvalue weighted by Crippen LogP contribution is -2.40. The molecule has 0 saturated heterocycles. The van der Waals surface area contributed by atoms with Crippen LogP contribution in [-0.4, -0.2) is 31.0 Å². The maximum atomic E-state index is 11.9. The first-order valence-electron chi connectivity index (χ1n) is 9.10. The topological polar surface area (TPSA) is 65.5 Å². The molecule has 1 aliphatic carbocycles. The van der Waals surface area contributed by atoms with Gasteiger partial charge < -0.3 is 16.0 Å². The molecule has 1 aromatic heterocycles. The average Bonchev–Trinajstić information content (AvgIpc) is 3.24. The van der Waals surface area contributed by atoms with E-state index in [1.165, 1.54) is 22.6 Å². The van der Waals surface area contributed by atoms with Crippen LogP contribution in [0.3, 0.4) is 0 Å². The van der Waals surface area contributed by atoms with E-state index in [-0.39, 0.29) is 5.91 Å². The van der Waals surface area contributed by atoms with Crippen LogP contribution in [0.1, 0.15) is 55.7 Å². The van der Waals surface area contributed by atoms with E-state index in [1.54, 1.807) is 0 Å². The summed E-state index contributed by atoms with van der Waals surface area (Å²) in [6.07, 6.45) is 6.29. The van der Waals surface area contributed by atoms with Gasteiger partial charge in [0.1, 0.15) is 0 Å². The lowest BCUT2D eigenvalue weighted by molar-refractivity contribution is -0.121. The van der Waals surface area contributed by atoms with Gasteiger partial charge in [-0.05, 0) is 38.3 Å². The van der Waals surface area contributed by atoms with Crippen molar-refractivity contribution in [2.75, 3.05) is 13.1 Å². The molecule has 1 aromatic rings. The fraction of sp³-hybridized carbons (Fsp3) is 0.667. The van der Waals surface area contributed by atoms with E-state index >= 15 is 0 Å². The normalized spacial score (nSPS) is 15.5. The maximum absolute atomic E-state index is 11.9. The third-order valence-electron chi connectivity index (χ3n) is 4.17. The molecule has 1 fully saturated rings. The smallest absolute Gasteiger partial charge is 0.221 e. The first kappa shape index (κ1) is 18.8. The molecule has 0 aliphatic heterocycles. The molecule has 0 bridgehead atoms. The summed E-state index contributed by atoms with van der Waals surface area (Å²) in [5.41, 5.74) is 0. The summed E-state index contributed by atoms with van der Waals surface area (Å²) in [4.78, 5) is 19.2. The van der Waals surface area contributed by atoms with Crippen molar-refractivity contribution in [3.05, 3.63) is 21.9 Å². The Morgan fingerprint density at radius 3 is 2.62 bits per heavy atom. The summed E-state index contributed by atoms with van der Waals surface area (Å²) in [5.74, 6) is 0.911. The van der Waals surface area contributed by atoms with Gasteiger partial charge in [0.2, 0.25) is 5.91 Å². The first-order chi connectivity index (χ1) is 11.7. The number of rotatable bonds is 8. The zero-order chi connectivity index (χ0) is 17.2. The van der Waals surface area contributed by atoms with E-state index in [0.717, 1.165) is 31.8 Å². The molecule has 1 aliphatic rings. The van der Waals surface area contributed by atoms with Crippen LogP contribution in [0.2, 0.25) is 0 Å². The molecule has 6 heteroatoms. The molecule has 0 spiro atoms. The fourth-order valence-electron chi connectivity index (χ4n) is 2.86. The Morgan fingerprint density at radius 2 is 1.96 bits per heavy atom. The second-order valence-electron chi connectivity index (χ2n) is 6.14. The van der Waals surface area contributed by atoms with Gasteiger partial charge in [0.05, 0.1) is 6.54 Å². The van der Waals surface area contributed by atoms with Crippen LogP contribution in [0.25, 0.3) is 0 Å². The molecule has 1 saturated carbocycles.